The van der Waals surface area contributed by atoms with Gasteiger partial charge in [-0.3, -0.25) is 0 Å². The molecule has 0 aromatic carbocycles. The number of hydrogen-bond acceptors (Lipinski definition) is 7. The summed E-state index contributed by atoms with van der Waals surface area (Å²) in [6.45, 7) is 4.57. The molecule has 7 nitrogen and oxygen atoms in total. The van der Waals surface area contributed by atoms with E-state index >= 15 is 0 Å². The molecule has 0 amide bonds. The van der Waals surface area contributed by atoms with E-state index in [-0.39, 0.29) is 49.0 Å². The third kappa shape index (κ3) is 11.5. The maximum absolute atomic E-state index is 10.8. The molecule has 0 spiro atoms. The molecule has 1 saturated carbocycles. The first-order valence-corrected chi connectivity index (χ1v) is 16.8. The molecular formula is C34H56O7. The SMILES string of the molecule is CCCCCC(/C=C/[C@@H]1[C@@H](C/C=C\CCC=O)[C@@H](OC2CCCCO2)C[C@H]1OC1CCCCO1)O[C@H]1CCCCO1. The molecule has 0 radical (unpaired) electrons. The molecule has 4 aliphatic rings. The summed E-state index contributed by atoms with van der Waals surface area (Å²) in [4.78, 5) is 10.8. The van der Waals surface area contributed by atoms with Crippen LogP contribution in [0.25, 0.3) is 0 Å². The van der Waals surface area contributed by atoms with Crippen molar-refractivity contribution in [3.8, 4) is 0 Å². The second-order valence-electron chi connectivity index (χ2n) is 12.2. The first kappa shape index (κ1) is 32.8. The van der Waals surface area contributed by atoms with Crippen molar-refractivity contribution < 1.29 is 33.2 Å². The van der Waals surface area contributed by atoms with E-state index in [1.165, 1.54) is 12.8 Å². The topological polar surface area (TPSA) is 72.5 Å². The zero-order chi connectivity index (χ0) is 28.5. The Bertz CT molecular complexity index is 752. The second-order valence-corrected chi connectivity index (χ2v) is 12.2. The fourth-order valence-electron chi connectivity index (χ4n) is 6.60. The van der Waals surface area contributed by atoms with Crippen molar-refractivity contribution in [2.75, 3.05) is 19.8 Å². The Morgan fingerprint density at radius 1 is 0.780 bits per heavy atom. The van der Waals surface area contributed by atoms with Crippen molar-refractivity contribution in [1.82, 2.24) is 0 Å². The van der Waals surface area contributed by atoms with Gasteiger partial charge in [0.15, 0.2) is 18.9 Å². The van der Waals surface area contributed by atoms with Crippen molar-refractivity contribution in [1.29, 1.82) is 0 Å². The van der Waals surface area contributed by atoms with Gasteiger partial charge in [-0.15, -0.1) is 0 Å². The van der Waals surface area contributed by atoms with Crippen molar-refractivity contribution in [2.24, 2.45) is 11.8 Å². The molecular weight excluding hydrogens is 520 g/mol. The number of aldehydes is 1. The van der Waals surface area contributed by atoms with Crippen LogP contribution in [0, 0.1) is 11.8 Å². The Balaban J connectivity index is 1.52. The highest BCUT2D eigenvalue weighted by atomic mass is 16.7. The quantitative estimate of drug-likeness (QED) is 0.101. The lowest BCUT2D eigenvalue weighted by Gasteiger charge is -2.30. The standard InChI is InChI=1S/C34H56O7/c1-2-3-6-15-27(39-32-17-8-12-23-36-32)20-21-29-28(16-7-4-5-11-22-35)30(40-33-18-9-13-24-37-33)26-31(29)41-34-19-10-14-25-38-34/h4,7,20-22,27-34H,2-3,5-6,8-19,23-26H2,1H3/b7-4-,21-20+/t27?,28-,29-,30+,31-,32+,33?,34?/m1/s1. The number of carbonyl (C=O) groups excluding carboxylic acids is 1. The van der Waals surface area contributed by atoms with E-state index in [0.717, 1.165) is 116 Å². The Morgan fingerprint density at radius 3 is 2.05 bits per heavy atom. The molecule has 3 saturated heterocycles. The smallest absolute Gasteiger partial charge is 0.158 e. The van der Waals surface area contributed by atoms with Gasteiger partial charge in [0.2, 0.25) is 0 Å². The zero-order valence-electron chi connectivity index (χ0n) is 25.5. The van der Waals surface area contributed by atoms with Crippen LogP contribution in [0.4, 0.5) is 0 Å². The van der Waals surface area contributed by atoms with Crippen LogP contribution in [0.5, 0.6) is 0 Å². The van der Waals surface area contributed by atoms with Crippen molar-refractivity contribution in [2.45, 2.75) is 153 Å². The average Bonchev–Trinajstić information content (AvgIpc) is 3.32. The summed E-state index contributed by atoms with van der Waals surface area (Å²) in [5, 5.41) is 0. The van der Waals surface area contributed by atoms with Gasteiger partial charge < -0.3 is 33.2 Å². The van der Waals surface area contributed by atoms with E-state index in [9.17, 15) is 4.79 Å². The van der Waals surface area contributed by atoms with Gasteiger partial charge in [-0.05, 0) is 83.0 Å². The Hall–Kier alpha value is -1.09. The molecule has 8 atom stereocenters. The predicted molar refractivity (Wildman–Crippen MR) is 159 cm³/mol. The van der Waals surface area contributed by atoms with Crippen LogP contribution in [0.1, 0.15) is 116 Å². The minimum absolute atomic E-state index is 0.0125. The normalized spacial score (nSPS) is 33.9. The average molecular weight is 577 g/mol. The Kier molecular flexibility index (Phi) is 15.4. The van der Waals surface area contributed by atoms with Crippen molar-refractivity contribution in [3.63, 3.8) is 0 Å². The maximum Gasteiger partial charge on any atom is 0.158 e. The molecule has 1 aliphatic carbocycles. The Morgan fingerprint density at radius 2 is 1.44 bits per heavy atom. The summed E-state index contributed by atoms with van der Waals surface area (Å²) in [5.74, 6) is 0.425. The van der Waals surface area contributed by atoms with Gasteiger partial charge in [0.05, 0.1) is 18.3 Å². The number of ether oxygens (including phenoxy) is 6. The lowest BCUT2D eigenvalue weighted by molar-refractivity contribution is -0.203. The molecule has 4 rings (SSSR count). The molecule has 234 valence electrons. The molecule has 0 aromatic rings. The monoisotopic (exact) mass is 576 g/mol. The van der Waals surface area contributed by atoms with Crippen molar-refractivity contribution >= 4 is 6.29 Å². The van der Waals surface area contributed by atoms with Gasteiger partial charge in [0, 0.05) is 38.6 Å². The molecule has 3 aliphatic heterocycles. The Labute approximate surface area is 248 Å². The van der Waals surface area contributed by atoms with Gasteiger partial charge in [0.25, 0.3) is 0 Å². The number of carbonyl (C=O) groups is 1. The van der Waals surface area contributed by atoms with Crippen LogP contribution in [0.15, 0.2) is 24.3 Å². The van der Waals surface area contributed by atoms with E-state index in [2.05, 4.69) is 31.2 Å². The highest BCUT2D eigenvalue weighted by molar-refractivity contribution is 5.49. The molecule has 0 aromatic heterocycles. The molecule has 3 unspecified atom stereocenters. The number of allylic oxidation sites excluding steroid dienone is 2. The molecule has 3 heterocycles. The molecule has 41 heavy (non-hydrogen) atoms. The zero-order valence-corrected chi connectivity index (χ0v) is 25.5. The van der Waals surface area contributed by atoms with Gasteiger partial charge in [-0.2, -0.15) is 0 Å². The summed E-state index contributed by atoms with van der Waals surface area (Å²) in [5.41, 5.74) is 0. The minimum atomic E-state index is -0.148. The highest BCUT2D eigenvalue weighted by Crippen LogP contribution is 2.42. The lowest BCUT2D eigenvalue weighted by Crippen LogP contribution is -2.31. The lowest BCUT2D eigenvalue weighted by atomic mass is 9.89. The van der Waals surface area contributed by atoms with Gasteiger partial charge >= 0.3 is 0 Å². The maximum atomic E-state index is 10.8. The predicted octanol–water partition coefficient (Wildman–Crippen LogP) is 7.42. The largest absolute Gasteiger partial charge is 0.353 e. The first-order valence-electron chi connectivity index (χ1n) is 16.8. The van der Waals surface area contributed by atoms with Crippen LogP contribution < -0.4 is 0 Å². The fraction of sp³-hybridized carbons (Fsp3) is 0.853. The summed E-state index contributed by atoms with van der Waals surface area (Å²) < 4.78 is 37.9. The summed E-state index contributed by atoms with van der Waals surface area (Å²) in [6, 6.07) is 0. The van der Waals surface area contributed by atoms with Crippen LogP contribution in [0.2, 0.25) is 0 Å². The van der Waals surface area contributed by atoms with E-state index in [1.807, 2.05) is 0 Å². The van der Waals surface area contributed by atoms with Crippen molar-refractivity contribution in [3.05, 3.63) is 24.3 Å². The van der Waals surface area contributed by atoms with Gasteiger partial charge in [-0.25, -0.2) is 0 Å². The second kappa shape index (κ2) is 19.2. The van der Waals surface area contributed by atoms with Crippen LogP contribution >= 0.6 is 0 Å². The first-order chi connectivity index (χ1) is 20.3. The fourth-order valence-corrected chi connectivity index (χ4v) is 6.60. The molecule has 0 N–H and O–H groups in total. The van der Waals surface area contributed by atoms with Crippen LogP contribution in [-0.4, -0.2) is 63.3 Å². The van der Waals surface area contributed by atoms with E-state index in [1.54, 1.807) is 0 Å². The number of unbranched alkanes of at least 4 members (excludes halogenated alkanes) is 3. The van der Waals surface area contributed by atoms with E-state index in [4.69, 9.17) is 28.4 Å². The van der Waals surface area contributed by atoms with Gasteiger partial charge in [-0.1, -0.05) is 50.5 Å². The molecule has 0 bridgehead atoms. The van der Waals surface area contributed by atoms with Crippen LogP contribution in [0.3, 0.4) is 0 Å². The van der Waals surface area contributed by atoms with E-state index < -0.39 is 0 Å². The molecule has 7 heteroatoms. The van der Waals surface area contributed by atoms with Crippen LogP contribution in [-0.2, 0) is 33.2 Å². The minimum Gasteiger partial charge on any atom is -0.353 e. The highest BCUT2D eigenvalue weighted by Gasteiger charge is 2.45. The number of rotatable bonds is 17. The third-order valence-corrected chi connectivity index (χ3v) is 8.93. The van der Waals surface area contributed by atoms with Gasteiger partial charge in [0.1, 0.15) is 6.29 Å². The molecule has 4 fully saturated rings. The van der Waals surface area contributed by atoms with E-state index in [0.29, 0.717) is 6.42 Å². The summed E-state index contributed by atoms with van der Waals surface area (Å²) in [7, 11) is 0. The third-order valence-electron chi connectivity index (χ3n) is 8.93. The number of hydrogen-bond donors (Lipinski definition) is 0. The summed E-state index contributed by atoms with van der Waals surface area (Å²) in [6.07, 6.45) is 26.9. The summed E-state index contributed by atoms with van der Waals surface area (Å²) >= 11 is 0.